The van der Waals surface area contributed by atoms with Crippen LogP contribution in [0.25, 0.3) is 0 Å². The van der Waals surface area contributed by atoms with E-state index in [0.717, 1.165) is 23.2 Å². The molecule has 2 aliphatic heterocycles. The van der Waals surface area contributed by atoms with Gasteiger partial charge in [0.1, 0.15) is 17.2 Å². The number of halogens is 1. The molecule has 1 aliphatic carbocycles. The predicted molar refractivity (Wildman–Crippen MR) is 146 cm³/mol. The van der Waals surface area contributed by atoms with Crippen molar-refractivity contribution in [3.05, 3.63) is 41.0 Å². The van der Waals surface area contributed by atoms with Gasteiger partial charge in [0.2, 0.25) is 0 Å². The van der Waals surface area contributed by atoms with Crippen LogP contribution in [0, 0.1) is 18.7 Å². The van der Waals surface area contributed by atoms with E-state index >= 15 is 0 Å². The zero-order valence-electron chi connectivity index (χ0n) is 23.6. The molecule has 13 heteroatoms. The summed E-state index contributed by atoms with van der Waals surface area (Å²) in [4.78, 5) is 47.2. The number of rotatable bonds is 8. The van der Waals surface area contributed by atoms with Gasteiger partial charge in [-0.05, 0) is 82.8 Å². The highest BCUT2D eigenvalue weighted by Crippen LogP contribution is 2.34. The van der Waals surface area contributed by atoms with Gasteiger partial charge in [0.05, 0.1) is 19.3 Å². The van der Waals surface area contributed by atoms with Crippen LogP contribution in [-0.4, -0.2) is 72.0 Å². The first-order valence-corrected chi connectivity index (χ1v) is 13.7. The molecule has 3 aliphatic rings. The van der Waals surface area contributed by atoms with Gasteiger partial charge in [-0.25, -0.2) is 19.0 Å². The van der Waals surface area contributed by atoms with Crippen LogP contribution in [0.3, 0.4) is 0 Å². The molecule has 2 atom stereocenters. The molecule has 0 bridgehead atoms. The number of alkyl carbamates (subject to hydrolysis) is 1. The molecular weight excluding hydrogens is 535 g/mol. The Morgan fingerprint density at radius 1 is 1.27 bits per heavy atom. The molecule has 0 spiro atoms. The minimum absolute atomic E-state index is 0.0154. The van der Waals surface area contributed by atoms with Gasteiger partial charge in [0.15, 0.2) is 23.8 Å². The fourth-order valence-corrected chi connectivity index (χ4v) is 5.34. The lowest BCUT2D eigenvalue weighted by molar-refractivity contribution is -0.118. The highest BCUT2D eigenvalue weighted by molar-refractivity contribution is 5.95. The Morgan fingerprint density at radius 2 is 2.05 bits per heavy atom. The number of anilines is 2. The van der Waals surface area contributed by atoms with Crippen LogP contribution >= 0.6 is 0 Å². The molecule has 41 heavy (non-hydrogen) atoms. The number of pyridine rings is 2. The minimum Gasteiger partial charge on any atom is -0.480 e. The van der Waals surface area contributed by atoms with Crippen molar-refractivity contribution in [2.75, 3.05) is 43.0 Å². The zero-order chi connectivity index (χ0) is 29.4. The third-order valence-electron chi connectivity index (χ3n) is 7.30. The van der Waals surface area contributed by atoms with E-state index in [4.69, 9.17) is 14.2 Å². The summed E-state index contributed by atoms with van der Waals surface area (Å²) < 4.78 is 30.9. The maximum Gasteiger partial charge on any atom is 0.416 e. The lowest BCUT2D eigenvalue weighted by Crippen LogP contribution is -2.49. The van der Waals surface area contributed by atoms with E-state index < -0.39 is 23.4 Å². The van der Waals surface area contributed by atoms with Gasteiger partial charge in [0.25, 0.3) is 5.91 Å². The first kappa shape index (κ1) is 28.5. The van der Waals surface area contributed by atoms with E-state index in [1.807, 2.05) is 6.92 Å². The van der Waals surface area contributed by atoms with E-state index in [2.05, 4.69) is 25.9 Å². The molecule has 5 rings (SSSR count). The van der Waals surface area contributed by atoms with Crippen molar-refractivity contribution in [1.29, 1.82) is 0 Å². The van der Waals surface area contributed by atoms with Crippen LogP contribution in [0.15, 0.2) is 18.3 Å². The molecule has 2 aromatic heterocycles. The zero-order valence-corrected chi connectivity index (χ0v) is 23.6. The average Bonchev–Trinajstić information content (AvgIpc) is 3.49. The van der Waals surface area contributed by atoms with E-state index in [1.54, 1.807) is 32.9 Å². The summed E-state index contributed by atoms with van der Waals surface area (Å²) >= 11 is 0. The van der Waals surface area contributed by atoms with Gasteiger partial charge < -0.3 is 30.2 Å². The first-order chi connectivity index (χ1) is 19.4. The van der Waals surface area contributed by atoms with Crippen molar-refractivity contribution < 1.29 is 33.0 Å². The predicted octanol–water partition coefficient (Wildman–Crippen LogP) is 2.87. The molecule has 2 aromatic rings. The molecule has 0 saturated carbocycles. The van der Waals surface area contributed by atoms with Crippen LogP contribution in [0.4, 0.5) is 25.6 Å². The number of nitrogens with zero attached hydrogens (tertiary/aromatic N) is 3. The maximum atomic E-state index is 14.3. The van der Waals surface area contributed by atoms with Crippen molar-refractivity contribution in [2.45, 2.75) is 58.2 Å². The molecule has 12 nitrogen and oxygen atoms in total. The Morgan fingerprint density at radius 3 is 2.80 bits per heavy atom. The summed E-state index contributed by atoms with van der Waals surface area (Å²) in [5, 5.41) is 8.79. The third-order valence-corrected chi connectivity index (χ3v) is 7.30. The molecule has 220 valence electrons. The summed E-state index contributed by atoms with van der Waals surface area (Å²) in [6.45, 7) is 8.32. The molecule has 0 aromatic carbocycles. The number of fused-ring (bicyclic) bond motifs is 2. The number of amides is 3. The fourth-order valence-electron chi connectivity index (χ4n) is 5.34. The Labute approximate surface area is 237 Å². The number of nitrogens with one attached hydrogen (secondary N) is 3. The highest BCUT2D eigenvalue weighted by Gasteiger charge is 2.46. The monoisotopic (exact) mass is 570 g/mol. The lowest BCUT2D eigenvalue weighted by atomic mass is 9.99. The Balaban J connectivity index is 1.25. The SMILES string of the molecule is Cc1ncc(F)c2c1CC(CNCCC1(CNC(=O)OC(C)(C)C)CN(c3ccc4c(n3)NC(=O)CO4)C(=O)O1)C2. The normalized spacial score (nSPS) is 21.5. The number of ether oxygens (including phenoxy) is 3. The second-order valence-electron chi connectivity index (χ2n) is 11.7. The average molecular weight is 571 g/mol. The number of carbonyl (C=O) groups excluding carboxylic acids is 3. The van der Waals surface area contributed by atoms with Crippen LogP contribution in [0.1, 0.15) is 44.0 Å². The summed E-state index contributed by atoms with van der Waals surface area (Å²) in [7, 11) is 0. The van der Waals surface area contributed by atoms with Crippen molar-refractivity contribution in [1.82, 2.24) is 20.6 Å². The summed E-state index contributed by atoms with van der Waals surface area (Å²) in [6.07, 6.45) is 1.79. The summed E-state index contributed by atoms with van der Waals surface area (Å²) in [5.74, 6) is 0.520. The van der Waals surface area contributed by atoms with Crippen molar-refractivity contribution in [3.63, 3.8) is 0 Å². The molecule has 0 radical (unpaired) electrons. The molecule has 3 N–H and O–H groups in total. The minimum atomic E-state index is -1.08. The number of aromatic nitrogens is 2. The van der Waals surface area contributed by atoms with Crippen molar-refractivity contribution in [2.24, 2.45) is 5.92 Å². The first-order valence-electron chi connectivity index (χ1n) is 13.7. The number of hydrogen-bond donors (Lipinski definition) is 3. The van der Waals surface area contributed by atoms with E-state index in [-0.39, 0.29) is 49.0 Å². The number of carbonyl (C=O) groups is 3. The van der Waals surface area contributed by atoms with Gasteiger partial charge >= 0.3 is 12.2 Å². The fraction of sp³-hybridized carbons (Fsp3) is 0.536. The quantitative estimate of drug-likeness (QED) is 0.408. The van der Waals surface area contributed by atoms with Crippen molar-refractivity contribution in [3.8, 4) is 5.75 Å². The topological polar surface area (TPSA) is 144 Å². The van der Waals surface area contributed by atoms with E-state index in [9.17, 15) is 18.8 Å². The van der Waals surface area contributed by atoms with Crippen LogP contribution in [0.5, 0.6) is 5.75 Å². The Bertz CT molecular complexity index is 1330. The van der Waals surface area contributed by atoms with Gasteiger partial charge in [0, 0.05) is 12.1 Å². The van der Waals surface area contributed by atoms with Gasteiger partial charge in [-0.1, -0.05) is 0 Å². The second-order valence-corrected chi connectivity index (χ2v) is 11.7. The largest absolute Gasteiger partial charge is 0.480 e. The molecule has 2 unspecified atom stereocenters. The van der Waals surface area contributed by atoms with E-state index in [1.165, 1.54) is 11.1 Å². The number of cyclic esters (lactones) is 1. The Kier molecular flexibility index (Phi) is 7.73. The number of hydrogen-bond acceptors (Lipinski definition) is 9. The lowest BCUT2D eigenvalue weighted by Gasteiger charge is -2.28. The Hall–Kier alpha value is -4.00. The summed E-state index contributed by atoms with van der Waals surface area (Å²) in [5.41, 5.74) is 0.805. The van der Waals surface area contributed by atoms with Gasteiger partial charge in [-0.3, -0.25) is 14.7 Å². The molecule has 1 saturated heterocycles. The number of aryl methyl sites for hydroxylation is 1. The summed E-state index contributed by atoms with van der Waals surface area (Å²) in [6, 6.07) is 3.24. The standard InChI is InChI=1S/C28H35FN6O6/c1-16-18-9-17(10-19(18)20(29)12-31-16)11-30-8-7-28(14-32-25(37)40-27(2,3)4)15-35(26(38)41-28)22-6-5-21-24(33-22)34-23(36)13-39-21/h5-6,12,17,30H,7-11,13-15H2,1-4H3,(H,32,37)(H,33,34,36). The van der Waals surface area contributed by atoms with Gasteiger partial charge in [-0.15, -0.1) is 0 Å². The molecule has 3 amide bonds. The maximum absolute atomic E-state index is 14.3. The van der Waals surface area contributed by atoms with Crippen LogP contribution in [0.2, 0.25) is 0 Å². The van der Waals surface area contributed by atoms with Crippen LogP contribution < -0.4 is 25.6 Å². The van der Waals surface area contributed by atoms with Crippen molar-refractivity contribution >= 4 is 29.7 Å². The van der Waals surface area contributed by atoms with Crippen LogP contribution in [-0.2, 0) is 27.1 Å². The molecular formula is C28H35FN6O6. The third kappa shape index (κ3) is 6.50. The van der Waals surface area contributed by atoms with E-state index in [0.29, 0.717) is 31.7 Å². The smallest absolute Gasteiger partial charge is 0.416 e. The molecule has 4 heterocycles. The van der Waals surface area contributed by atoms with Gasteiger partial charge in [-0.2, -0.15) is 0 Å². The second kappa shape index (κ2) is 11.1. The molecule has 1 fully saturated rings. The highest BCUT2D eigenvalue weighted by atomic mass is 19.1.